The molecular weight excluding hydrogens is 933 g/mol. The van der Waals surface area contributed by atoms with Crippen molar-refractivity contribution < 1.29 is 0 Å². The van der Waals surface area contributed by atoms with E-state index in [0.717, 1.165) is 28.0 Å². The summed E-state index contributed by atoms with van der Waals surface area (Å²) in [5, 5.41) is 10.3. The first kappa shape index (κ1) is 45.1. The van der Waals surface area contributed by atoms with Gasteiger partial charge in [0.25, 0.3) is 0 Å². The van der Waals surface area contributed by atoms with E-state index < -0.39 is 13.5 Å². The largest absolute Gasteiger partial charge is 0.309 e. The summed E-state index contributed by atoms with van der Waals surface area (Å²) in [5.74, 6) is 0. The summed E-state index contributed by atoms with van der Waals surface area (Å²) in [6.45, 7) is 0. The van der Waals surface area contributed by atoms with E-state index in [1.165, 1.54) is 81.1 Å². The molecule has 2 nitrogen and oxygen atoms in total. The van der Waals surface area contributed by atoms with Gasteiger partial charge in [-0.05, 0) is 97.1 Å². The fraction of sp³-hybridized carbons (Fsp3) is 0.0137. The minimum Gasteiger partial charge on any atom is -0.309 e. The lowest BCUT2D eigenvalue weighted by molar-refractivity contribution is 0.745. The molecule has 0 fully saturated rings. The van der Waals surface area contributed by atoms with Crippen LogP contribution in [0, 0.1) is 0 Å². The maximum absolute atomic E-state index is 2.82. The maximum Gasteiger partial charge on any atom is 0.179 e. The zero-order chi connectivity index (χ0) is 50.5. The minimum absolute atomic E-state index is 0.570. The third kappa shape index (κ3) is 7.08. The third-order valence-corrected chi connectivity index (χ3v) is 20.8. The molecule has 0 saturated carbocycles. The molecule has 14 rings (SSSR count). The Morgan fingerprint density at radius 1 is 0.250 bits per heavy atom. The SMILES string of the molecule is c1ccc(C(c2ccccc2)(c2ccccc2)c2cccc(-c3ccccc3-n3c4ccccc4c4cc(-n5c6ccccc6c6ccc([Si](c7ccccc7)(c7ccccc7)c7ccccc7)cc65)ccc43)c2)cc1. The van der Waals surface area contributed by atoms with Gasteiger partial charge in [0.15, 0.2) is 8.07 Å². The van der Waals surface area contributed by atoms with Crippen molar-refractivity contribution in [1.29, 1.82) is 0 Å². The first-order valence-electron chi connectivity index (χ1n) is 26.3. The van der Waals surface area contributed by atoms with Crippen molar-refractivity contribution in [3.63, 3.8) is 0 Å². The number of para-hydroxylation sites is 3. The highest BCUT2D eigenvalue weighted by Gasteiger charge is 2.42. The van der Waals surface area contributed by atoms with Gasteiger partial charge in [-0.15, -0.1) is 0 Å². The van der Waals surface area contributed by atoms with Gasteiger partial charge >= 0.3 is 0 Å². The number of hydrogen-bond acceptors (Lipinski definition) is 0. The van der Waals surface area contributed by atoms with Crippen molar-refractivity contribution in [2.75, 3.05) is 0 Å². The lowest BCUT2D eigenvalue weighted by atomic mass is 9.65. The fourth-order valence-electron chi connectivity index (χ4n) is 12.8. The average Bonchev–Trinajstić information content (AvgIpc) is 4.09. The van der Waals surface area contributed by atoms with Crippen LogP contribution in [-0.2, 0) is 5.41 Å². The Morgan fingerprint density at radius 3 is 1.25 bits per heavy atom. The number of hydrogen-bond donors (Lipinski definition) is 0. The maximum atomic E-state index is 2.52. The van der Waals surface area contributed by atoms with Crippen LogP contribution in [0.15, 0.2) is 315 Å². The Balaban J connectivity index is 0.971. The predicted molar refractivity (Wildman–Crippen MR) is 322 cm³/mol. The number of rotatable bonds is 11. The highest BCUT2D eigenvalue weighted by Crippen LogP contribution is 2.47. The molecule has 0 spiro atoms. The Bertz CT molecular complexity index is 4180. The molecule has 0 radical (unpaired) electrons. The van der Waals surface area contributed by atoms with Crippen LogP contribution in [0.3, 0.4) is 0 Å². The third-order valence-electron chi connectivity index (χ3n) is 16.0. The van der Waals surface area contributed by atoms with Gasteiger partial charge in [-0.25, -0.2) is 0 Å². The second-order valence-electron chi connectivity index (χ2n) is 19.9. The molecule has 12 aromatic carbocycles. The molecule has 14 aromatic rings. The minimum atomic E-state index is -2.82. The molecule has 2 heterocycles. The number of nitrogens with zero attached hydrogens (tertiary/aromatic N) is 2. The van der Waals surface area contributed by atoms with Gasteiger partial charge in [0, 0.05) is 32.8 Å². The van der Waals surface area contributed by atoms with E-state index in [9.17, 15) is 0 Å². The Kier molecular flexibility index (Phi) is 11.1. The lowest BCUT2D eigenvalue weighted by Gasteiger charge is -2.37. The monoisotopic (exact) mass is 984 g/mol. The smallest absolute Gasteiger partial charge is 0.179 e. The lowest BCUT2D eigenvalue weighted by Crippen LogP contribution is -2.74. The molecular formula is C73H52N2Si. The van der Waals surface area contributed by atoms with E-state index in [4.69, 9.17) is 0 Å². The molecule has 0 saturated heterocycles. The molecule has 2 aromatic heterocycles. The summed E-state index contributed by atoms with van der Waals surface area (Å²) < 4.78 is 5.00. The van der Waals surface area contributed by atoms with Crippen molar-refractivity contribution in [3.8, 4) is 22.5 Å². The summed E-state index contributed by atoms with van der Waals surface area (Å²) >= 11 is 0. The molecule has 0 atom stereocenters. The van der Waals surface area contributed by atoms with Crippen LogP contribution in [0.2, 0.25) is 0 Å². The Morgan fingerprint density at radius 2 is 0.684 bits per heavy atom. The van der Waals surface area contributed by atoms with Crippen molar-refractivity contribution in [1.82, 2.24) is 9.13 Å². The van der Waals surface area contributed by atoms with Crippen molar-refractivity contribution in [2.24, 2.45) is 0 Å². The molecule has 0 unspecified atom stereocenters. The van der Waals surface area contributed by atoms with Gasteiger partial charge in [0.1, 0.15) is 0 Å². The topological polar surface area (TPSA) is 9.86 Å². The van der Waals surface area contributed by atoms with Gasteiger partial charge in [0.05, 0.1) is 33.2 Å². The molecule has 0 aliphatic rings. The molecule has 358 valence electrons. The standard InChI is InChI=1S/C73H52N2Si/c1-7-27-54(28-8-1)73(55-29-9-2-10-30-55,56-31-11-3-12-32-56)57-33-25-26-53(50-57)63-40-19-22-43-68(63)75-70-45-24-21-42-65(70)67-51-58(46-49-71(67)75)74-69-44-23-20-41-64(69)66-48-47-62(52-72(66)74)76(59-34-13-4-14-35-59,60-36-15-5-16-37-60)61-38-17-6-18-39-61/h1-52H. The molecule has 0 N–H and O–H groups in total. The van der Waals surface area contributed by atoms with Gasteiger partial charge in [-0.1, -0.05) is 267 Å². The van der Waals surface area contributed by atoms with Gasteiger partial charge in [-0.2, -0.15) is 0 Å². The summed E-state index contributed by atoms with van der Waals surface area (Å²) in [7, 11) is -2.82. The zero-order valence-corrected chi connectivity index (χ0v) is 42.9. The zero-order valence-electron chi connectivity index (χ0n) is 41.9. The average molecular weight is 985 g/mol. The van der Waals surface area contributed by atoms with Crippen LogP contribution in [0.25, 0.3) is 66.1 Å². The Hall–Kier alpha value is -9.54. The van der Waals surface area contributed by atoms with Crippen molar-refractivity contribution in [3.05, 3.63) is 338 Å². The molecule has 0 aliphatic carbocycles. The summed E-state index contributed by atoms with van der Waals surface area (Å²) in [5.41, 5.74) is 13.6. The fourth-order valence-corrected chi connectivity index (χ4v) is 17.6. The number of fused-ring (bicyclic) bond motifs is 6. The van der Waals surface area contributed by atoms with Crippen LogP contribution in [0.1, 0.15) is 22.3 Å². The summed E-state index contributed by atoms with van der Waals surface area (Å²) in [6, 6.07) is 117. The molecule has 3 heteroatoms. The first-order valence-corrected chi connectivity index (χ1v) is 28.3. The Labute approximate surface area is 444 Å². The van der Waals surface area contributed by atoms with Crippen LogP contribution in [-0.4, -0.2) is 17.2 Å². The van der Waals surface area contributed by atoms with Crippen molar-refractivity contribution in [2.45, 2.75) is 5.41 Å². The van der Waals surface area contributed by atoms with Gasteiger partial charge in [-0.3, -0.25) is 0 Å². The van der Waals surface area contributed by atoms with E-state index in [1.54, 1.807) is 0 Å². The number of benzene rings is 12. The first-order chi connectivity index (χ1) is 37.7. The van der Waals surface area contributed by atoms with Gasteiger partial charge < -0.3 is 9.13 Å². The van der Waals surface area contributed by atoms with Crippen LogP contribution >= 0.6 is 0 Å². The number of aromatic nitrogens is 2. The summed E-state index contributed by atoms with van der Waals surface area (Å²) in [4.78, 5) is 0. The van der Waals surface area contributed by atoms with Crippen LogP contribution in [0.4, 0.5) is 0 Å². The second-order valence-corrected chi connectivity index (χ2v) is 23.7. The van der Waals surface area contributed by atoms with Crippen molar-refractivity contribution >= 4 is 72.4 Å². The predicted octanol–water partition coefficient (Wildman–Crippen LogP) is 15.3. The molecule has 0 aliphatic heterocycles. The highest BCUT2D eigenvalue weighted by atomic mass is 28.3. The molecule has 0 amide bonds. The van der Waals surface area contributed by atoms with E-state index >= 15 is 0 Å². The van der Waals surface area contributed by atoms with E-state index in [1.807, 2.05) is 0 Å². The quantitative estimate of drug-likeness (QED) is 0.0903. The summed E-state index contributed by atoms with van der Waals surface area (Å²) in [6.07, 6.45) is 0. The van der Waals surface area contributed by atoms with Crippen LogP contribution in [0.5, 0.6) is 0 Å². The van der Waals surface area contributed by atoms with E-state index in [-0.39, 0.29) is 0 Å². The van der Waals surface area contributed by atoms with E-state index in [0.29, 0.717) is 0 Å². The molecule has 76 heavy (non-hydrogen) atoms. The second kappa shape index (κ2) is 18.7. The van der Waals surface area contributed by atoms with Crippen LogP contribution < -0.4 is 20.7 Å². The van der Waals surface area contributed by atoms with Gasteiger partial charge in [0.2, 0.25) is 0 Å². The molecule has 0 bridgehead atoms. The van der Waals surface area contributed by atoms with E-state index in [2.05, 4.69) is 325 Å². The highest BCUT2D eigenvalue weighted by molar-refractivity contribution is 7.20. The normalized spacial score (nSPS) is 11.9.